The molecule has 0 aliphatic carbocycles. The molecule has 72 valence electrons. The van der Waals surface area contributed by atoms with Crippen molar-refractivity contribution >= 4 is 5.91 Å². The Morgan fingerprint density at radius 2 is 2.46 bits per heavy atom. The van der Waals surface area contributed by atoms with Gasteiger partial charge in [-0.3, -0.25) is 10.1 Å². The van der Waals surface area contributed by atoms with Crippen molar-refractivity contribution < 1.29 is 9.53 Å². The number of nitrogens with one attached hydrogen (secondary N) is 1. The molecule has 1 rings (SSSR count). The highest BCUT2D eigenvalue weighted by molar-refractivity contribution is 5.85. The number of hydrogen-bond donors (Lipinski definition) is 2. The molecular formula is C6H11N5O2. The van der Waals surface area contributed by atoms with Crippen LogP contribution in [0.5, 0.6) is 0 Å². The van der Waals surface area contributed by atoms with Gasteiger partial charge in [0.1, 0.15) is 5.54 Å². The van der Waals surface area contributed by atoms with Gasteiger partial charge in [0.2, 0.25) is 5.91 Å². The number of nitrogens with zero attached hydrogens (tertiary/aromatic N) is 3. The van der Waals surface area contributed by atoms with Gasteiger partial charge in [-0.05, 0) is 5.53 Å². The molecule has 13 heavy (non-hydrogen) atoms. The van der Waals surface area contributed by atoms with Crippen LogP contribution >= 0.6 is 0 Å². The third-order valence-corrected chi connectivity index (χ3v) is 1.91. The molecule has 0 aromatic carbocycles. The number of amides is 1. The van der Waals surface area contributed by atoms with Crippen molar-refractivity contribution in [3.63, 3.8) is 0 Å². The second-order valence-electron chi connectivity index (χ2n) is 2.82. The summed E-state index contributed by atoms with van der Waals surface area (Å²) in [6, 6.07) is 0. The Morgan fingerprint density at radius 3 is 2.85 bits per heavy atom. The molecule has 0 spiro atoms. The van der Waals surface area contributed by atoms with Crippen molar-refractivity contribution in [2.45, 2.75) is 5.54 Å². The van der Waals surface area contributed by atoms with E-state index in [0.29, 0.717) is 26.3 Å². The van der Waals surface area contributed by atoms with Crippen molar-refractivity contribution in [1.29, 1.82) is 0 Å². The Balaban J connectivity index is 2.32. The van der Waals surface area contributed by atoms with E-state index in [1.165, 1.54) is 0 Å². The zero-order valence-electron chi connectivity index (χ0n) is 7.06. The number of carbonyl (C=O) groups is 1. The Morgan fingerprint density at radius 1 is 1.77 bits per heavy atom. The predicted octanol–water partition coefficient (Wildman–Crippen LogP) is -0.859. The first kappa shape index (κ1) is 9.79. The highest BCUT2D eigenvalue weighted by Gasteiger charge is 2.43. The van der Waals surface area contributed by atoms with Gasteiger partial charge < -0.3 is 10.5 Å². The van der Waals surface area contributed by atoms with Crippen LogP contribution in [0, 0.1) is 0 Å². The van der Waals surface area contributed by atoms with E-state index >= 15 is 0 Å². The standard InChI is InChI=1S/C6H11N5O2/c7-5(12)6(3-13-4-6)9-1-2-10-11-8/h9H,1-4H2,(H2,7,12). The van der Waals surface area contributed by atoms with Crippen LogP contribution in [0.2, 0.25) is 0 Å². The molecule has 1 heterocycles. The maximum atomic E-state index is 10.9. The van der Waals surface area contributed by atoms with Crippen molar-refractivity contribution in [3.8, 4) is 0 Å². The van der Waals surface area contributed by atoms with Gasteiger partial charge in [-0.2, -0.15) is 0 Å². The van der Waals surface area contributed by atoms with E-state index < -0.39 is 11.4 Å². The molecule has 0 aromatic heterocycles. The smallest absolute Gasteiger partial charge is 0.242 e. The average Bonchev–Trinajstić information content (AvgIpc) is 2.01. The lowest BCUT2D eigenvalue weighted by Gasteiger charge is -2.39. The molecule has 1 amide bonds. The first-order chi connectivity index (χ1) is 6.21. The molecule has 1 fully saturated rings. The second-order valence-corrected chi connectivity index (χ2v) is 2.82. The molecule has 1 saturated heterocycles. The van der Waals surface area contributed by atoms with Crippen LogP contribution < -0.4 is 11.1 Å². The molecule has 0 bridgehead atoms. The molecule has 3 N–H and O–H groups in total. The Bertz CT molecular complexity index is 243. The first-order valence-electron chi connectivity index (χ1n) is 3.85. The highest BCUT2D eigenvalue weighted by atomic mass is 16.5. The molecule has 1 aliphatic rings. The summed E-state index contributed by atoms with van der Waals surface area (Å²) < 4.78 is 4.89. The van der Waals surface area contributed by atoms with Crippen LogP contribution in [0.4, 0.5) is 0 Å². The highest BCUT2D eigenvalue weighted by Crippen LogP contribution is 2.15. The zero-order valence-corrected chi connectivity index (χ0v) is 7.06. The monoisotopic (exact) mass is 185 g/mol. The van der Waals surface area contributed by atoms with Crippen LogP contribution in [-0.4, -0.2) is 37.7 Å². The van der Waals surface area contributed by atoms with E-state index in [9.17, 15) is 4.79 Å². The van der Waals surface area contributed by atoms with Crippen LogP contribution in [-0.2, 0) is 9.53 Å². The fourth-order valence-electron chi connectivity index (χ4n) is 1.03. The Hall–Kier alpha value is -1.30. The number of ether oxygens (including phenoxy) is 1. The molecule has 0 atom stereocenters. The Kier molecular flexibility index (Phi) is 3.07. The van der Waals surface area contributed by atoms with Crippen LogP contribution in [0.1, 0.15) is 0 Å². The number of nitrogens with two attached hydrogens (primary N) is 1. The zero-order chi connectivity index (χ0) is 9.73. The number of primary amides is 1. The lowest BCUT2D eigenvalue weighted by molar-refractivity contribution is -0.144. The fourth-order valence-corrected chi connectivity index (χ4v) is 1.03. The number of hydrogen-bond acceptors (Lipinski definition) is 4. The summed E-state index contributed by atoms with van der Waals surface area (Å²) in [5, 5.41) is 6.22. The third-order valence-electron chi connectivity index (χ3n) is 1.91. The van der Waals surface area contributed by atoms with Crippen LogP contribution in [0.3, 0.4) is 0 Å². The molecule has 0 radical (unpaired) electrons. The summed E-state index contributed by atoms with van der Waals surface area (Å²) >= 11 is 0. The van der Waals surface area contributed by atoms with Gasteiger partial charge in [0.05, 0.1) is 13.2 Å². The number of rotatable bonds is 5. The van der Waals surface area contributed by atoms with Crippen LogP contribution in [0.25, 0.3) is 10.4 Å². The van der Waals surface area contributed by atoms with Crippen molar-refractivity contribution in [3.05, 3.63) is 10.4 Å². The van der Waals surface area contributed by atoms with Gasteiger partial charge in [0.25, 0.3) is 0 Å². The van der Waals surface area contributed by atoms with E-state index in [2.05, 4.69) is 15.3 Å². The van der Waals surface area contributed by atoms with Gasteiger partial charge in [0, 0.05) is 18.0 Å². The maximum Gasteiger partial charge on any atom is 0.242 e. The largest absolute Gasteiger partial charge is 0.376 e. The molecule has 7 nitrogen and oxygen atoms in total. The lowest BCUT2D eigenvalue weighted by Crippen LogP contribution is -2.68. The lowest BCUT2D eigenvalue weighted by atomic mass is 9.97. The second kappa shape index (κ2) is 4.08. The summed E-state index contributed by atoms with van der Waals surface area (Å²) in [4.78, 5) is 13.5. The van der Waals surface area contributed by atoms with Gasteiger partial charge in [-0.25, -0.2) is 0 Å². The van der Waals surface area contributed by atoms with Gasteiger partial charge in [-0.1, -0.05) is 5.11 Å². The van der Waals surface area contributed by atoms with E-state index in [1.807, 2.05) is 0 Å². The van der Waals surface area contributed by atoms with E-state index in [-0.39, 0.29) is 0 Å². The summed E-state index contributed by atoms with van der Waals surface area (Å²) in [6.45, 7) is 1.30. The predicted molar refractivity (Wildman–Crippen MR) is 44.8 cm³/mol. The van der Waals surface area contributed by atoms with Crippen molar-refractivity contribution in [2.24, 2.45) is 10.8 Å². The summed E-state index contributed by atoms with van der Waals surface area (Å²) in [7, 11) is 0. The maximum absolute atomic E-state index is 10.9. The van der Waals surface area contributed by atoms with E-state index in [1.54, 1.807) is 0 Å². The normalized spacial score (nSPS) is 18.5. The van der Waals surface area contributed by atoms with Crippen molar-refractivity contribution in [2.75, 3.05) is 26.3 Å². The van der Waals surface area contributed by atoms with E-state index in [4.69, 9.17) is 16.0 Å². The van der Waals surface area contributed by atoms with Crippen LogP contribution in [0.15, 0.2) is 5.11 Å². The molecule has 0 aromatic rings. The molecule has 7 heteroatoms. The SMILES string of the molecule is [N-]=[N+]=NCCNC1(C(N)=O)COC1. The molecular weight excluding hydrogens is 174 g/mol. The van der Waals surface area contributed by atoms with E-state index in [0.717, 1.165) is 0 Å². The topological polar surface area (TPSA) is 113 Å². The molecule has 0 unspecified atom stereocenters. The summed E-state index contributed by atoms with van der Waals surface area (Å²) in [5.41, 5.74) is 12.4. The summed E-state index contributed by atoms with van der Waals surface area (Å²) in [6.07, 6.45) is 0. The minimum Gasteiger partial charge on any atom is -0.376 e. The molecule has 0 saturated carbocycles. The number of azide groups is 1. The first-order valence-corrected chi connectivity index (χ1v) is 3.85. The Labute approximate surface area is 74.9 Å². The summed E-state index contributed by atoms with van der Waals surface area (Å²) in [5.74, 6) is -0.431. The third kappa shape index (κ3) is 2.09. The number of carbonyl (C=O) groups excluding carboxylic acids is 1. The fraction of sp³-hybridized carbons (Fsp3) is 0.833. The average molecular weight is 185 g/mol. The minimum absolute atomic E-state index is 0.290. The van der Waals surface area contributed by atoms with Gasteiger partial charge >= 0.3 is 0 Å². The minimum atomic E-state index is -0.745. The van der Waals surface area contributed by atoms with Gasteiger partial charge in [0.15, 0.2) is 0 Å². The molecule has 1 aliphatic heterocycles. The van der Waals surface area contributed by atoms with Gasteiger partial charge in [-0.15, -0.1) is 0 Å². The quantitative estimate of drug-likeness (QED) is 0.251. The van der Waals surface area contributed by atoms with Crippen molar-refractivity contribution in [1.82, 2.24) is 5.32 Å².